The van der Waals surface area contributed by atoms with Crippen molar-refractivity contribution >= 4 is 35.2 Å². The number of nitrogens with zero attached hydrogens (tertiary/aromatic N) is 1. The lowest BCUT2D eigenvalue weighted by molar-refractivity contribution is -0.117. The molecule has 0 aliphatic heterocycles. The van der Waals surface area contributed by atoms with Crippen molar-refractivity contribution in [1.82, 2.24) is 5.32 Å². The van der Waals surface area contributed by atoms with Crippen molar-refractivity contribution in [3.63, 3.8) is 0 Å². The van der Waals surface area contributed by atoms with Crippen LogP contribution >= 0.6 is 11.6 Å². The van der Waals surface area contributed by atoms with Crippen molar-refractivity contribution < 1.29 is 9.59 Å². The van der Waals surface area contributed by atoms with Crippen molar-refractivity contribution in [3.05, 3.63) is 70.3 Å². The number of anilines is 1. The summed E-state index contributed by atoms with van der Waals surface area (Å²) in [6.07, 6.45) is 3.32. The number of carbonyl (C=O) groups is 2. The Balaban J connectivity index is 2.11. The predicted molar refractivity (Wildman–Crippen MR) is 107 cm³/mol. The third-order valence-corrected chi connectivity index (χ3v) is 3.99. The molecule has 2 aromatic carbocycles. The maximum atomic E-state index is 12.3. The van der Waals surface area contributed by atoms with E-state index in [1.807, 2.05) is 13.0 Å². The highest BCUT2D eigenvalue weighted by molar-refractivity contribution is 6.30. The zero-order valence-corrected chi connectivity index (χ0v) is 15.7. The molecule has 0 atom stereocenters. The molecule has 0 saturated heterocycles. The van der Waals surface area contributed by atoms with Crippen LogP contribution in [0, 0.1) is 11.3 Å². The summed E-state index contributed by atoms with van der Waals surface area (Å²) < 4.78 is 0. The fraction of sp³-hybridized carbons (Fsp3) is 0.190. The lowest BCUT2D eigenvalue weighted by Crippen LogP contribution is -2.25. The van der Waals surface area contributed by atoms with E-state index >= 15 is 0 Å². The van der Waals surface area contributed by atoms with Gasteiger partial charge in [0.05, 0.1) is 0 Å². The number of nitriles is 1. The number of rotatable bonds is 7. The molecule has 27 heavy (non-hydrogen) atoms. The van der Waals surface area contributed by atoms with Crippen molar-refractivity contribution in [2.45, 2.75) is 19.8 Å². The maximum Gasteiger partial charge on any atom is 0.261 e. The van der Waals surface area contributed by atoms with Gasteiger partial charge < -0.3 is 10.6 Å². The summed E-state index contributed by atoms with van der Waals surface area (Å²) in [7, 11) is 0. The van der Waals surface area contributed by atoms with Crippen LogP contribution in [-0.2, 0) is 4.79 Å². The summed E-state index contributed by atoms with van der Waals surface area (Å²) in [6.45, 7) is 2.56. The van der Waals surface area contributed by atoms with Crippen LogP contribution in [0.15, 0.2) is 54.1 Å². The minimum Gasteiger partial charge on any atom is -0.351 e. The van der Waals surface area contributed by atoms with Crippen LogP contribution in [0.4, 0.5) is 5.69 Å². The molecule has 0 fully saturated rings. The van der Waals surface area contributed by atoms with Crippen molar-refractivity contribution in [1.29, 1.82) is 5.26 Å². The summed E-state index contributed by atoms with van der Waals surface area (Å²) in [5, 5.41) is 15.3. The second-order valence-corrected chi connectivity index (χ2v) is 6.30. The van der Waals surface area contributed by atoms with Crippen LogP contribution in [-0.4, -0.2) is 18.4 Å². The highest BCUT2D eigenvalue weighted by atomic mass is 35.5. The molecule has 0 aliphatic carbocycles. The summed E-state index contributed by atoms with van der Waals surface area (Å²) >= 11 is 5.83. The Bertz CT molecular complexity index is 883. The number of amides is 2. The number of unbranched alkanes of at least 4 members (excludes halogenated alkanes) is 1. The smallest absolute Gasteiger partial charge is 0.261 e. The normalized spacial score (nSPS) is 10.8. The molecular formula is C21H20ClN3O2. The lowest BCUT2D eigenvalue weighted by Gasteiger charge is -2.07. The summed E-state index contributed by atoms with van der Waals surface area (Å²) in [5.41, 5.74) is 1.71. The van der Waals surface area contributed by atoms with Gasteiger partial charge in [0.2, 0.25) is 0 Å². The van der Waals surface area contributed by atoms with Crippen molar-refractivity contribution in [3.8, 4) is 6.07 Å². The molecule has 6 heteroatoms. The fourth-order valence-corrected chi connectivity index (χ4v) is 2.43. The van der Waals surface area contributed by atoms with E-state index in [0.717, 1.165) is 12.8 Å². The average molecular weight is 382 g/mol. The summed E-state index contributed by atoms with van der Waals surface area (Å²) in [6, 6.07) is 15.4. The number of hydrogen-bond acceptors (Lipinski definition) is 3. The van der Waals surface area contributed by atoms with Gasteiger partial charge in [0.1, 0.15) is 11.6 Å². The molecule has 138 valence electrons. The van der Waals surface area contributed by atoms with Crippen LogP contribution in [0.5, 0.6) is 0 Å². The monoisotopic (exact) mass is 381 g/mol. The second kappa shape index (κ2) is 10.1. The van der Waals surface area contributed by atoms with Gasteiger partial charge in [-0.1, -0.05) is 37.1 Å². The van der Waals surface area contributed by atoms with E-state index in [1.165, 1.54) is 6.08 Å². The predicted octanol–water partition coefficient (Wildman–Crippen LogP) is 4.42. The van der Waals surface area contributed by atoms with Gasteiger partial charge in [-0.25, -0.2) is 0 Å². The molecule has 2 N–H and O–H groups in total. The molecule has 0 heterocycles. The van der Waals surface area contributed by atoms with Gasteiger partial charge in [0.25, 0.3) is 11.8 Å². The largest absolute Gasteiger partial charge is 0.351 e. The van der Waals surface area contributed by atoms with E-state index in [2.05, 4.69) is 10.6 Å². The van der Waals surface area contributed by atoms with Gasteiger partial charge in [-0.3, -0.25) is 9.59 Å². The summed E-state index contributed by atoms with van der Waals surface area (Å²) in [5.74, 6) is -0.674. The molecule has 2 rings (SSSR count). The molecule has 2 amide bonds. The first-order valence-electron chi connectivity index (χ1n) is 8.60. The Morgan fingerprint density at radius 3 is 2.59 bits per heavy atom. The van der Waals surface area contributed by atoms with Gasteiger partial charge in [0, 0.05) is 22.8 Å². The van der Waals surface area contributed by atoms with Crippen LogP contribution < -0.4 is 10.6 Å². The quantitative estimate of drug-likeness (QED) is 0.423. The standard InChI is InChI=1S/C21H20ClN3O2/c1-2-3-11-24-20(26)17(14-23)12-15-5-4-6-19(13-15)25-21(27)16-7-9-18(22)10-8-16/h4-10,12-13H,2-3,11H2,1H3,(H,24,26)(H,25,27)/b17-12+. The first kappa shape index (κ1) is 20.2. The van der Waals surface area contributed by atoms with Gasteiger partial charge in [-0.2, -0.15) is 5.26 Å². The maximum absolute atomic E-state index is 12.3. The number of carbonyl (C=O) groups excluding carboxylic acids is 2. The number of nitrogens with one attached hydrogen (secondary N) is 2. The molecule has 0 saturated carbocycles. The molecule has 0 unspecified atom stereocenters. The molecule has 0 aliphatic rings. The zero-order chi connectivity index (χ0) is 19.6. The Morgan fingerprint density at radius 2 is 1.93 bits per heavy atom. The minimum atomic E-state index is -0.401. The second-order valence-electron chi connectivity index (χ2n) is 5.87. The van der Waals surface area contributed by atoms with E-state index in [-0.39, 0.29) is 11.5 Å². The van der Waals surface area contributed by atoms with Crippen LogP contribution in [0.1, 0.15) is 35.7 Å². The number of hydrogen-bond donors (Lipinski definition) is 2. The third kappa shape index (κ3) is 6.28. The first-order valence-corrected chi connectivity index (χ1v) is 8.98. The van der Waals surface area contributed by atoms with Crippen molar-refractivity contribution in [2.75, 3.05) is 11.9 Å². The fourth-order valence-electron chi connectivity index (χ4n) is 2.30. The SMILES string of the molecule is CCCCNC(=O)/C(C#N)=C/c1cccc(NC(=O)c2ccc(Cl)cc2)c1. The highest BCUT2D eigenvalue weighted by Gasteiger charge is 2.09. The van der Waals surface area contributed by atoms with E-state index in [0.29, 0.717) is 28.4 Å². The van der Waals surface area contributed by atoms with Crippen LogP contribution in [0.3, 0.4) is 0 Å². The minimum absolute atomic E-state index is 0.0206. The van der Waals surface area contributed by atoms with E-state index in [1.54, 1.807) is 48.5 Å². The molecule has 5 nitrogen and oxygen atoms in total. The van der Waals surface area contributed by atoms with E-state index in [4.69, 9.17) is 11.6 Å². The van der Waals surface area contributed by atoms with Gasteiger partial charge in [0.15, 0.2) is 0 Å². The van der Waals surface area contributed by atoms with Gasteiger partial charge in [-0.15, -0.1) is 0 Å². The lowest BCUT2D eigenvalue weighted by atomic mass is 10.1. The highest BCUT2D eigenvalue weighted by Crippen LogP contribution is 2.16. The van der Waals surface area contributed by atoms with Gasteiger partial charge >= 0.3 is 0 Å². The molecule has 0 aromatic heterocycles. The third-order valence-electron chi connectivity index (χ3n) is 3.74. The first-order chi connectivity index (χ1) is 13.0. The average Bonchev–Trinajstić information content (AvgIpc) is 2.67. The topological polar surface area (TPSA) is 82.0 Å². The summed E-state index contributed by atoms with van der Waals surface area (Å²) in [4.78, 5) is 24.3. The molecule has 2 aromatic rings. The Morgan fingerprint density at radius 1 is 1.19 bits per heavy atom. The van der Waals surface area contributed by atoms with Crippen LogP contribution in [0.2, 0.25) is 5.02 Å². The number of benzene rings is 2. The number of halogens is 1. The van der Waals surface area contributed by atoms with E-state index < -0.39 is 5.91 Å². The zero-order valence-electron chi connectivity index (χ0n) is 15.0. The molecule has 0 radical (unpaired) electrons. The van der Waals surface area contributed by atoms with Gasteiger partial charge in [-0.05, 0) is 54.5 Å². The van der Waals surface area contributed by atoms with Crippen molar-refractivity contribution in [2.24, 2.45) is 0 Å². The Labute approximate surface area is 163 Å². The molecule has 0 bridgehead atoms. The van der Waals surface area contributed by atoms with Crippen LogP contribution in [0.25, 0.3) is 6.08 Å². The van der Waals surface area contributed by atoms with E-state index in [9.17, 15) is 14.9 Å². The Kier molecular flexibility index (Phi) is 7.60. The molecular weight excluding hydrogens is 362 g/mol. The molecule has 0 spiro atoms. The Hall–Kier alpha value is -3.10.